The highest BCUT2D eigenvalue weighted by molar-refractivity contribution is 5.75. The van der Waals surface area contributed by atoms with Gasteiger partial charge in [0, 0.05) is 19.4 Å². The molecular weight excluding hydrogens is 168 g/mol. The van der Waals surface area contributed by atoms with Crippen LogP contribution < -0.4 is 5.32 Å². The summed E-state index contributed by atoms with van der Waals surface area (Å²) >= 11 is 0. The van der Waals surface area contributed by atoms with Gasteiger partial charge in [-0.1, -0.05) is 6.92 Å². The highest BCUT2D eigenvalue weighted by Crippen LogP contribution is 1.98. The van der Waals surface area contributed by atoms with Gasteiger partial charge in [0.05, 0.1) is 5.69 Å². The predicted molar refractivity (Wildman–Crippen MR) is 48.1 cm³/mol. The summed E-state index contributed by atoms with van der Waals surface area (Å²) in [5.74, 6) is 0.0739. The summed E-state index contributed by atoms with van der Waals surface area (Å²) in [7, 11) is 0. The summed E-state index contributed by atoms with van der Waals surface area (Å²) in [5.41, 5.74) is 0.826. The van der Waals surface area contributed by atoms with Crippen LogP contribution in [0.2, 0.25) is 0 Å². The van der Waals surface area contributed by atoms with Crippen molar-refractivity contribution in [3.8, 4) is 0 Å². The van der Waals surface area contributed by atoms with Crippen LogP contribution in [0.25, 0.3) is 0 Å². The number of rotatable bonds is 5. The second kappa shape index (κ2) is 5.35. The average molecular weight is 182 g/mol. The maximum absolute atomic E-state index is 11.1. The van der Waals surface area contributed by atoms with Crippen molar-refractivity contribution in [3.05, 3.63) is 18.4 Å². The van der Waals surface area contributed by atoms with Crippen molar-refractivity contribution in [2.45, 2.75) is 26.2 Å². The summed E-state index contributed by atoms with van der Waals surface area (Å²) in [5, 5.41) is 2.80. The minimum absolute atomic E-state index is 0.0739. The molecule has 0 bridgehead atoms. The number of carbonyl (C=O) groups excluding carboxylic acids is 1. The molecule has 1 heterocycles. The SMILES string of the molecule is CCCNC(=O)CCc1cocn1. The van der Waals surface area contributed by atoms with E-state index in [0.29, 0.717) is 12.8 Å². The molecule has 4 nitrogen and oxygen atoms in total. The molecule has 0 atom stereocenters. The van der Waals surface area contributed by atoms with E-state index in [1.165, 1.54) is 6.39 Å². The van der Waals surface area contributed by atoms with Crippen molar-refractivity contribution in [3.63, 3.8) is 0 Å². The Kier molecular flexibility index (Phi) is 4.02. The average Bonchev–Trinajstić information content (AvgIpc) is 2.64. The summed E-state index contributed by atoms with van der Waals surface area (Å²) < 4.78 is 4.79. The zero-order valence-electron chi connectivity index (χ0n) is 7.75. The van der Waals surface area contributed by atoms with Gasteiger partial charge in [0.25, 0.3) is 0 Å². The fourth-order valence-electron chi connectivity index (χ4n) is 0.955. The third kappa shape index (κ3) is 3.73. The van der Waals surface area contributed by atoms with Gasteiger partial charge in [-0.15, -0.1) is 0 Å². The molecule has 72 valence electrons. The van der Waals surface area contributed by atoms with E-state index in [4.69, 9.17) is 4.42 Å². The van der Waals surface area contributed by atoms with Gasteiger partial charge in [-0.3, -0.25) is 4.79 Å². The summed E-state index contributed by atoms with van der Waals surface area (Å²) in [4.78, 5) is 15.0. The third-order valence-corrected chi connectivity index (χ3v) is 1.66. The number of amides is 1. The molecule has 0 unspecified atom stereocenters. The first-order chi connectivity index (χ1) is 6.33. The molecule has 1 N–H and O–H groups in total. The third-order valence-electron chi connectivity index (χ3n) is 1.66. The van der Waals surface area contributed by atoms with Crippen molar-refractivity contribution in [1.29, 1.82) is 0 Å². The van der Waals surface area contributed by atoms with Crippen LogP contribution in [0.15, 0.2) is 17.1 Å². The minimum atomic E-state index is 0.0739. The number of hydrogen-bond acceptors (Lipinski definition) is 3. The van der Waals surface area contributed by atoms with E-state index in [2.05, 4.69) is 10.3 Å². The molecule has 0 aliphatic heterocycles. The van der Waals surface area contributed by atoms with E-state index in [1.807, 2.05) is 6.92 Å². The smallest absolute Gasteiger partial charge is 0.220 e. The van der Waals surface area contributed by atoms with Gasteiger partial charge in [0.1, 0.15) is 6.26 Å². The molecule has 4 heteroatoms. The maximum Gasteiger partial charge on any atom is 0.220 e. The Labute approximate surface area is 77.3 Å². The number of oxazole rings is 1. The molecule has 0 aromatic carbocycles. The van der Waals surface area contributed by atoms with Crippen LogP contribution in [0.3, 0.4) is 0 Å². The Morgan fingerprint density at radius 2 is 2.54 bits per heavy atom. The first kappa shape index (κ1) is 9.77. The largest absolute Gasteiger partial charge is 0.451 e. The fourth-order valence-corrected chi connectivity index (χ4v) is 0.955. The van der Waals surface area contributed by atoms with E-state index < -0.39 is 0 Å². The molecule has 0 aliphatic rings. The number of aryl methyl sites for hydroxylation is 1. The van der Waals surface area contributed by atoms with E-state index in [9.17, 15) is 4.79 Å². The van der Waals surface area contributed by atoms with Gasteiger partial charge >= 0.3 is 0 Å². The topological polar surface area (TPSA) is 55.1 Å². The Morgan fingerprint density at radius 1 is 1.69 bits per heavy atom. The number of aromatic nitrogens is 1. The monoisotopic (exact) mass is 182 g/mol. The molecule has 0 spiro atoms. The van der Waals surface area contributed by atoms with E-state index >= 15 is 0 Å². The van der Waals surface area contributed by atoms with Gasteiger partial charge in [-0.2, -0.15) is 0 Å². The lowest BCUT2D eigenvalue weighted by molar-refractivity contribution is -0.121. The number of hydrogen-bond donors (Lipinski definition) is 1. The Morgan fingerprint density at radius 3 is 3.15 bits per heavy atom. The Hall–Kier alpha value is -1.32. The normalized spacial score (nSPS) is 9.92. The Balaban J connectivity index is 2.15. The van der Waals surface area contributed by atoms with E-state index in [0.717, 1.165) is 18.7 Å². The summed E-state index contributed by atoms with van der Waals surface area (Å²) in [6, 6.07) is 0. The zero-order valence-corrected chi connectivity index (χ0v) is 7.75. The first-order valence-electron chi connectivity index (χ1n) is 4.46. The van der Waals surface area contributed by atoms with Crippen LogP contribution in [0.4, 0.5) is 0 Å². The van der Waals surface area contributed by atoms with E-state index in [1.54, 1.807) is 6.26 Å². The maximum atomic E-state index is 11.1. The molecular formula is C9H14N2O2. The molecule has 1 aromatic heterocycles. The van der Waals surface area contributed by atoms with Crippen molar-refractivity contribution in [2.75, 3.05) is 6.54 Å². The van der Waals surface area contributed by atoms with Gasteiger partial charge < -0.3 is 9.73 Å². The molecule has 1 rings (SSSR count). The highest BCUT2D eigenvalue weighted by Gasteiger charge is 2.02. The lowest BCUT2D eigenvalue weighted by Gasteiger charge is -2.00. The van der Waals surface area contributed by atoms with Gasteiger partial charge in [-0.25, -0.2) is 4.98 Å². The van der Waals surface area contributed by atoms with Crippen LogP contribution >= 0.6 is 0 Å². The highest BCUT2D eigenvalue weighted by atomic mass is 16.3. The zero-order chi connectivity index (χ0) is 9.52. The van der Waals surface area contributed by atoms with Crippen molar-refractivity contribution in [2.24, 2.45) is 0 Å². The van der Waals surface area contributed by atoms with E-state index in [-0.39, 0.29) is 5.91 Å². The predicted octanol–water partition coefficient (Wildman–Crippen LogP) is 1.13. The van der Waals surface area contributed by atoms with Gasteiger partial charge in [0.15, 0.2) is 6.39 Å². The van der Waals surface area contributed by atoms with Gasteiger partial charge in [-0.05, 0) is 6.42 Å². The lowest BCUT2D eigenvalue weighted by atomic mass is 10.2. The lowest BCUT2D eigenvalue weighted by Crippen LogP contribution is -2.24. The quantitative estimate of drug-likeness (QED) is 0.742. The first-order valence-corrected chi connectivity index (χ1v) is 4.46. The number of nitrogens with zero attached hydrogens (tertiary/aromatic N) is 1. The second-order valence-corrected chi connectivity index (χ2v) is 2.83. The van der Waals surface area contributed by atoms with Crippen LogP contribution in [0, 0.1) is 0 Å². The number of nitrogens with one attached hydrogen (secondary N) is 1. The second-order valence-electron chi connectivity index (χ2n) is 2.83. The van der Waals surface area contributed by atoms with Crippen LogP contribution in [-0.4, -0.2) is 17.4 Å². The molecule has 1 amide bonds. The van der Waals surface area contributed by atoms with Crippen molar-refractivity contribution in [1.82, 2.24) is 10.3 Å². The summed E-state index contributed by atoms with van der Waals surface area (Å²) in [6.07, 6.45) is 5.03. The molecule has 1 aromatic rings. The fraction of sp³-hybridized carbons (Fsp3) is 0.556. The van der Waals surface area contributed by atoms with Gasteiger partial charge in [0.2, 0.25) is 5.91 Å². The molecule has 0 saturated carbocycles. The van der Waals surface area contributed by atoms with Crippen LogP contribution in [0.1, 0.15) is 25.5 Å². The van der Waals surface area contributed by atoms with Crippen LogP contribution in [0.5, 0.6) is 0 Å². The Bertz CT molecular complexity index is 244. The molecule has 13 heavy (non-hydrogen) atoms. The van der Waals surface area contributed by atoms with Crippen molar-refractivity contribution >= 4 is 5.91 Å². The minimum Gasteiger partial charge on any atom is -0.451 e. The standard InChI is InChI=1S/C9H14N2O2/c1-2-5-10-9(12)4-3-8-6-13-7-11-8/h6-7H,2-5H2,1H3,(H,10,12). The van der Waals surface area contributed by atoms with Crippen LogP contribution in [-0.2, 0) is 11.2 Å². The molecule has 0 fully saturated rings. The summed E-state index contributed by atoms with van der Waals surface area (Å²) in [6.45, 7) is 2.77. The molecule has 0 aliphatic carbocycles. The molecule has 0 radical (unpaired) electrons. The number of carbonyl (C=O) groups is 1. The van der Waals surface area contributed by atoms with Crippen molar-refractivity contribution < 1.29 is 9.21 Å². The molecule has 0 saturated heterocycles.